The van der Waals surface area contributed by atoms with Crippen molar-refractivity contribution in [3.63, 3.8) is 0 Å². The van der Waals surface area contributed by atoms with Gasteiger partial charge < -0.3 is 15.2 Å². The lowest BCUT2D eigenvalue weighted by Gasteiger charge is -2.31. The highest BCUT2D eigenvalue weighted by Crippen LogP contribution is 2.30. The van der Waals surface area contributed by atoms with Gasteiger partial charge in [0, 0.05) is 10.4 Å². The molecule has 0 amide bonds. The van der Waals surface area contributed by atoms with E-state index < -0.39 is 0 Å². The van der Waals surface area contributed by atoms with Crippen LogP contribution in [0.3, 0.4) is 0 Å². The van der Waals surface area contributed by atoms with Crippen LogP contribution in [0.1, 0.15) is 33.1 Å². The van der Waals surface area contributed by atoms with E-state index in [-0.39, 0.29) is 12.1 Å². The van der Waals surface area contributed by atoms with Gasteiger partial charge in [0.25, 0.3) is 0 Å². The molecule has 0 aliphatic rings. The van der Waals surface area contributed by atoms with Crippen molar-refractivity contribution in [2.45, 2.75) is 43.5 Å². The predicted molar refractivity (Wildman–Crippen MR) is 86.7 cm³/mol. The van der Waals surface area contributed by atoms with E-state index in [9.17, 15) is 5.11 Å². The molecule has 0 aromatic heterocycles. The van der Waals surface area contributed by atoms with Gasteiger partial charge in [0.15, 0.2) is 0 Å². The molecule has 0 bridgehead atoms. The van der Waals surface area contributed by atoms with E-state index in [0.29, 0.717) is 0 Å². The predicted octanol–water partition coefficient (Wildman–Crippen LogP) is 3.32. The van der Waals surface area contributed by atoms with Crippen molar-refractivity contribution in [3.8, 4) is 5.75 Å². The van der Waals surface area contributed by atoms with Crippen molar-refractivity contribution < 1.29 is 9.84 Å². The SMILES string of the molecule is CCNC(CC)(CO)CCCSc1ccccc1OC. The van der Waals surface area contributed by atoms with Crippen LogP contribution in [0.15, 0.2) is 29.2 Å². The molecule has 0 aliphatic carbocycles. The summed E-state index contributed by atoms with van der Waals surface area (Å²) >= 11 is 1.82. The fraction of sp³-hybridized carbons (Fsp3) is 0.625. The van der Waals surface area contributed by atoms with Gasteiger partial charge in [0.1, 0.15) is 5.75 Å². The highest BCUT2D eigenvalue weighted by atomic mass is 32.2. The van der Waals surface area contributed by atoms with Crippen LogP contribution in [0.5, 0.6) is 5.75 Å². The summed E-state index contributed by atoms with van der Waals surface area (Å²) < 4.78 is 5.35. The average molecular weight is 297 g/mol. The van der Waals surface area contributed by atoms with Crippen LogP contribution in [0.2, 0.25) is 0 Å². The number of para-hydroxylation sites is 1. The summed E-state index contributed by atoms with van der Waals surface area (Å²) in [6, 6.07) is 8.10. The molecule has 1 aromatic rings. The van der Waals surface area contributed by atoms with Crippen LogP contribution < -0.4 is 10.1 Å². The van der Waals surface area contributed by atoms with E-state index in [1.165, 1.54) is 4.90 Å². The zero-order valence-electron chi connectivity index (χ0n) is 12.8. The van der Waals surface area contributed by atoms with E-state index in [2.05, 4.69) is 25.2 Å². The molecule has 20 heavy (non-hydrogen) atoms. The number of aliphatic hydroxyl groups excluding tert-OH is 1. The minimum absolute atomic E-state index is 0.115. The highest BCUT2D eigenvalue weighted by Gasteiger charge is 2.25. The maximum absolute atomic E-state index is 9.62. The van der Waals surface area contributed by atoms with Crippen LogP contribution in [-0.2, 0) is 0 Å². The molecular formula is C16H27NO2S. The Hall–Kier alpha value is -0.710. The van der Waals surface area contributed by atoms with Gasteiger partial charge in [-0.3, -0.25) is 0 Å². The Morgan fingerprint density at radius 1 is 1.30 bits per heavy atom. The minimum Gasteiger partial charge on any atom is -0.496 e. The number of nitrogens with one attached hydrogen (secondary N) is 1. The summed E-state index contributed by atoms with van der Waals surface area (Å²) in [4.78, 5) is 1.18. The number of thioether (sulfide) groups is 1. The topological polar surface area (TPSA) is 41.5 Å². The number of ether oxygens (including phenoxy) is 1. The number of likely N-dealkylation sites (N-methyl/N-ethyl adjacent to an activating group) is 1. The lowest BCUT2D eigenvalue weighted by atomic mass is 9.91. The van der Waals surface area contributed by atoms with Crippen LogP contribution >= 0.6 is 11.8 Å². The number of hydrogen-bond acceptors (Lipinski definition) is 4. The number of hydrogen-bond donors (Lipinski definition) is 2. The van der Waals surface area contributed by atoms with Gasteiger partial charge in [-0.05, 0) is 43.7 Å². The van der Waals surface area contributed by atoms with Gasteiger partial charge in [-0.25, -0.2) is 0 Å². The Morgan fingerprint density at radius 2 is 2.05 bits per heavy atom. The third kappa shape index (κ3) is 5.00. The first-order chi connectivity index (χ1) is 9.71. The fourth-order valence-corrected chi connectivity index (χ4v) is 3.32. The standard InChI is InChI=1S/C16H27NO2S/c1-4-16(13-18,17-5-2)11-8-12-20-15-10-7-6-9-14(15)19-3/h6-7,9-10,17-18H,4-5,8,11-13H2,1-3H3. The molecule has 0 aliphatic heterocycles. The third-order valence-corrected chi connectivity index (χ3v) is 4.80. The van der Waals surface area contributed by atoms with E-state index in [4.69, 9.17) is 4.74 Å². The molecule has 1 rings (SSSR count). The zero-order valence-corrected chi connectivity index (χ0v) is 13.6. The van der Waals surface area contributed by atoms with Gasteiger partial charge in [-0.15, -0.1) is 11.8 Å². The first kappa shape index (κ1) is 17.3. The molecular weight excluding hydrogens is 270 g/mol. The second kappa shape index (κ2) is 9.27. The zero-order chi connectivity index (χ0) is 14.8. The van der Waals surface area contributed by atoms with Crippen molar-refractivity contribution in [2.75, 3.05) is 26.0 Å². The molecule has 1 aromatic carbocycles. The van der Waals surface area contributed by atoms with Crippen LogP contribution in [-0.4, -0.2) is 36.7 Å². The van der Waals surface area contributed by atoms with Crippen molar-refractivity contribution in [3.05, 3.63) is 24.3 Å². The molecule has 0 saturated carbocycles. The lowest BCUT2D eigenvalue weighted by Crippen LogP contribution is -2.48. The Balaban J connectivity index is 2.44. The number of aliphatic hydroxyl groups is 1. The summed E-state index contributed by atoms with van der Waals surface area (Å²) in [5, 5.41) is 13.0. The van der Waals surface area contributed by atoms with Gasteiger partial charge in [-0.2, -0.15) is 0 Å². The van der Waals surface area contributed by atoms with Gasteiger partial charge >= 0.3 is 0 Å². The summed E-state index contributed by atoms with van der Waals surface area (Å²) in [5.41, 5.74) is -0.115. The van der Waals surface area contributed by atoms with E-state index in [1.807, 2.05) is 30.0 Å². The minimum atomic E-state index is -0.115. The molecule has 0 heterocycles. The number of rotatable bonds is 10. The molecule has 0 fully saturated rings. The summed E-state index contributed by atoms with van der Waals surface area (Å²) in [7, 11) is 1.71. The Kier molecular flexibility index (Phi) is 8.04. The van der Waals surface area contributed by atoms with Gasteiger partial charge in [0.2, 0.25) is 0 Å². The number of methoxy groups -OCH3 is 1. The number of benzene rings is 1. The largest absolute Gasteiger partial charge is 0.496 e. The molecule has 0 radical (unpaired) electrons. The van der Waals surface area contributed by atoms with Crippen molar-refractivity contribution in [1.29, 1.82) is 0 Å². The van der Waals surface area contributed by atoms with E-state index >= 15 is 0 Å². The smallest absolute Gasteiger partial charge is 0.132 e. The molecule has 114 valence electrons. The van der Waals surface area contributed by atoms with Crippen LogP contribution in [0, 0.1) is 0 Å². The van der Waals surface area contributed by atoms with Crippen molar-refractivity contribution >= 4 is 11.8 Å². The first-order valence-electron chi connectivity index (χ1n) is 7.33. The molecule has 1 unspecified atom stereocenters. The third-order valence-electron chi connectivity index (χ3n) is 3.66. The van der Waals surface area contributed by atoms with Crippen molar-refractivity contribution in [1.82, 2.24) is 5.32 Å². The molecule has 1 atom stereocenters. The molecule has 2 N–H and O–H groups in total. The maximum atomic E-state index is 9.62. The molecule has 4 heteroatoms. The average Bonchev–Trinajstić information content (AvgIpc) is 2.51. The van der Waals surface area contributed by atoms with Crippen LogP contribution in [0.25, 0.3) is 0 Å². The molecule has 0 spiro atoms. The fourth-order valence-electron chi connectivity index (χ4n) is 2.34. The monoisotopic (exact) mass is 297 g/mol. The lowest BCUT2D eigenvalue weighted by molar-refractivity contribution is 0.148. The summed E-state index contributed by atoms with van der Waals surface area (Å²) in [5.74, 6) is 1.97. The highest BCUT2D eigenvalue weighted by molar-refractivity contribution is 7.99. The Labute approximate surface area is 127 Å². The van der Waals surface area contributed by atoms with E-state index in [0.717, 1.165) is 37.3 Å². The molecule has 3 nitrogen and oxygen atoms in total. The summed E-state index contributed by atoms with van der Waals surface area (Å²) in [6.07, 6.45) is 3.02. The maximum Gasteiger partial charge on any atom is 0.132 e. The second-order valence-corrected chi connectivity index (χ2v) is 6.06. The summed E-state index contributed by atoms with van der Waals surface area (Å²) in [6.45, 7) is 5.32. The molecule has 0 saturated heterocycles. The van der Waals surface area contributed by atoms with Gasteiger partial charge in [-0.1, -0.05) is 26.0 Å². The Morgan fingerprint density at radius 3 is 2.65 bits per heavy atom. The van der Waals surface area contributed by atoms with E-state index in [1.54, 1.807) is 7.11 Å². The normalized spacial score (nSPS) is 14.0. The van der Waals surface area contributed by atoms with Crippen LogP contribution in [0.4, 0.5) is 0 Å². The van der Waals surface area contributed by atoms with Crippen molar-refractivity contribution in [2.24, 2.45) is 0 Å². The van der Waals surface area contributed by atoms with Gasteiger partial charge in [0.05, 0.1) is 13.7 Å². The second-order valence-electron chi connectivity index (χ2n) is 4.93. The Bertz CT molecular complexity index is 380. The quantitative estimate of drug-likeness (QED) is 0.513. The first-order valence-corrected chi connectivity index (χ1v) is 8.31.